The van der Waals surface area contributed by atoms with E-state index in [1.54, 1.807) is 6.20 Å². The Kier molecular flexibility index (Phi) is 9.64. The lowest BCUT2D eigenvalue weighted by molar-refractivity contribution is 1.02. The maximum atomic E-state index is 3.80. The molecule has 0 saturated heterocycles. The fourth-order valence-electron chi connectivity index (χ4n) is 1.27. The predicted octanol–water partition coefficient (Wildman–Crippen LogP) is 4.65. The first-order valence-corrected chi connectivity index (χ1v) is 6.11. The van der Waals surface area contributed by atoms with Crippen molar-refractivity contribution < 1.29 is 0 Å². The molecule has 0 bridgehead atoms. The Hall–Kier alpha value is -1.76. The molecule has 0 amide bonds. The van der Waals surface area contributed by atoms with Gasteiger partial charge in [0.05, 0.1) is 0 Å². The Morgan fingerprint density at radius 2 is 2.06 bits per heavy atom. The van der Waals surface area contributed by atoms with Crippen LogP contribution in [0.2, 0.25) is 0 Å². The van der Waals surface area contributed by atoms with Crippen molar-refractivity contribution in [3.63, 3.8) is 0 Å². The average Bonchev–Trinajstić information content (AvgIpc) is 2.39. The van der Waals surface area contributed by atoms with E-state index in [1.165, 1.54) is 5.57 Å². The van der Waals surface area contributed by atoms with E-state index < -0.39 is 0 Å². The van der Waals surface area contributed by atoms with Crippen molar-refractivity contribution in [2.75, 3.05) is 0 Å². The van der Waals surface area contributed by atoms with Crippen molar-refractivity contribution in [3.8, 4) is 0 Å². The Morgan fingerprint density at radius 3 is 2.65 bits per heavy atom. The van der Waals surface area contributed by atoms with Crippen LogP contribution in [-0.2, 0) is 0 Å². The lowest BCUT2D eigenvalue weighted by atomic mass is 10.1. The molecule has 0 fully saturated rings. The summed E-state index contributed by atoms with van der Waals surface area (Å²) in [4.78, 5) is 0. The second-order valence-corrected chi connectivity index (χ2v) is 3.28. The monoisotopic (exact) mass is 229 g/mol. The van der Waals surface area contributed by atoms with Gasteiger partial charge in [-0.3, -0.25) is 0 Å². The molecule has 1 rings (SSSR count). The van der Waals surface area contributed by atoms with Gasteiger partial charge >= 0.3 is 0 Å². The number of hydrogen-bond acceptors (Lipinski definition) is 1. The zero-order valence-corrected chi connectivity index (χ0v) is 10.9. The minimum Gasteiger partial charge on any atom is -0.363 e. The minimum absolute atomic E-state index is 0.836. The van der Waals surface area contributed by atoms with Crippen LogP contribution in [0.15, 0.2) is 73.2 Å². The minimum atomic E-state index is 0.836. The molecule has 0 heterocycles. The zero-order chi connectivity index (χ0) is 12.9. The summed E-state index contributed by atoms with van der Waals surface area (Å²) in [6, 6.07) is 0. The van der Waals surface area contributed by atoms with Crippen LogP contribution in [0.3, 0.4) is 0 Å². The second-order valence-electron chi connectivity index (χ2n) is 3.28. The van der Waals surface area contributed by atoms with E-state index in [0.29, 0.717) is 0 Å². The second kappa shape index (κ2) is 10.7. The molecular formula is C16H23N. The largest absolute Gasteiger partial charge is 0.363 e. The van der Waals surface area contributed by atoms with Gasteiger partial charge in [0.25, 0.3) is 0 Å². The topological polar surface area (TPSA) is 12.0 Å². The van der Waals surface area contributed by atoms with E-state index in [0.717, 1.165) is 18.5 Å². The Labute approximate surface area is 106 Å². The Morgan fingerprint density at radius 1 is 1.29 bits per heavy atom. The van der Waals surface area contributed by atoms with Crippen molar-refractivity contribution in [1.82, 2.24) is 5.32 Å². The third-order valence-electron chi connectivity index (χ3n) is 2.01. The quantitative estimate of drug-likeness (QED) is 0.677. The molecule has 0 aromatic rings. The molecule has 1 aliphatic rings. The molecule has 17 heavy (non-hydrogen) atoms. The number of nitrogens with one attached hydrogen (secondary N) is 1. The lowest BCUT2D eigenvalue weighted by Crippen LogP contribution is -1.98. The third kappa shape index (κ3) is 8.09. The van der Waals surface area contributed by atoms with Crippen LogP contribution in [0, 0.1) is 0 Å². The van der Waals surface area contributed by atoms with E-state index in [2.05, 4.69) is 42.8 Å². The summed E-state index contributed by atoms with van der Waals surface area (Å²) in [5, 5.41) is 2.90. The summed E-state index contributed by atoms with van der Waals surface area (Å²) in [6.45, 7) is 11.4. The molecule has 0 aliphatic heterocycles. The normalized spacial score (nSPS) is 14.1. The van der Waals surface area contributed by atoms with Crippen LogP contribution < -0.4 is 5.32 Å². The highest BCUT2D eigenvalue weighted by Gasteiger charge is 1.90. The maximum absolute atomic E-state index is 3.80. The van der Waals surface area contributed by atoms with Gasteiger partial charge in [0.2, 0.25) is 0 Å². The van der Waals surface area contributed by atoms with Crippen molar-refractivity contribution >= 4 is 0 Å². The molecule has 0 spiro atoms. The molecule has 0 aromatic heterocycles. The SMILES string of the molecule is C=CNC(=C)/C=C\C=C/C1=CCCC=C1.CC. The maximum Gasteiger partial charge on any atom is 0.0306 e. The highest BCUT2D eigenvalue weighted by molar-refractivity contribution is 5.34. The molecule has 1 nitrogen and oxygen atoms in total. The first kappa shape index (κ1) is 15.2. The first-order valence-electron chi connectivity index (χ1n) is 6.11. The molecule has 0 aromatic carbocycles. The summed E-state index contributed by atoms with van der Waals surface area (Å²) in [7, 11) is 0. The Balaban J connectivity index is 0.00000121. The average molecular weight is 229 g/mol. The molecule has 0 atom stereocenters. The van der Waals surface area contributed by atoms with Crippen LogP contribution >= 0.6 is 0 Å². The van der Waals surface area contributed by atoms with Gasteiger partial charge in [0.15, 0.2) is 0 Å². The van der Waals surface area contributed by atoms with E-state index in [1.807, 2.05) is 32.1 Å². The Bertz CT molecular complexity index is 341. The van der Waals surface area contributed by atoms with Crippen molar-refractivity contribution in [3.05, 3.63) is 73.2 Å². The van der Waals surface area contributed by atoms with E-state index >= 15 is 0 Å². The first-order chi connectivity index (χ1) is 8.33. The smallest absolute Gasteiger partial charge is 0.0306 e. The molecule has 0 unspecified atom stereocenters. The van der Waals surface area contributed by atoms with Crippen molar-refractivity contribution in [1.29, 1.82) is 0 Å². The molecule has 92 valence electrons. The van der Waals surface area contributed by atoms with Crippen molar-refractivity contribution in [2.45, 2.75) is 26.7 Å². The lowest BCUT2D eigenvalue weighted by Gasteiger charge is -1.99. The number of hydrogen-bond donors (Lipinski definition) is 1. The van der Waals surface area contributed by atoms with Gasteiger partial charge in [-0.05, 0) is 30.7 Å². The molecule has 0 radical (unpaired) electrons. The van der Waals surface area contributed by atoms with E-state index in [4.69, 9.17) is 0 Å². The van der Waals surface area contributed by atoms with Crippen LogP contribution in [0.1, 0.15) is 26.7 Å². The van der Waals surface area contributed by atoms with Gasteiger partial charge in [0, 0.05) is 5.70 Å². The molecular weight excluding hydrogens is 206 g/mol. The fourth-order valence-corrected chi connectivity index (χ4v) is 1.27. The predicted molar refractivity (Wildman–Crippen MR) is 78.6 cm³/mol. The van der Waals surface area contributed by atoms with Gasteiger partial charge in [-0.15, -0.1) is 0 Å². The summed E-state index contributed by atoms with van der Waals surface area (Å²) >= 11 is 0. The van der Waals surface area contributed by atoms with Crippen LogP contribution in [0.25, 0.3) is 0 Å². The molecule has 1 N–H and O–H groups in total. The summed E-state index contributed by atoms with van der Waals surface area (Å²) in [5.41, 5.74) is 2.11. The van der Waals surface area contributed by atoms with Gasteiger partial charge in [0.1, 0.15) is 0 Å². The molecule has 1 heteroatoms. The van der Waals surface area contributed by atoms with E-state index in [9.17, 15) is 0 Å². The van der Waals surface area contributed by atoms with Crippen LogP contribution in [-0.4, -0.2) is 0 Å². The van der Waals surface area contributed by atoms with Crippen LogP contribution in [0.4, 0.5) is 0 Å². The van der Waals surface area contributed by atoms with Gasteiger partial charge in [-0.2, -0.15) is 0 Å². The number of rotatable bonds is 5. The summed E-state index contributed by atoms with van der Waals surface area (Å²) < 4.78 is 0. The highest BCUT2D eigenvalue weighted by Crippen LogP contribution is 2.10. The third-order valence-corrected chi connectivity index (χ3v) is 2.01. The summed E-state index contributed by atoms with van der Waals surface area (Å²) in [6.07, 6.45) is 18.5. The highest BCUT2D eigenvalue weighted by atomic mass is 14.8. The zero-order valence-electron chi connectivity index (χ0n) is 10.9. The van der Waals surface area contributed by atoms with Crippen LogP contribution in [0.5, 0.6) is 0 Å². The van der Waals surface area contributed by atoms with E-state index in [-0.39, 0.29) is 0 Å². The molecule has 0 saturated carbocycles. The van der Waals surface area contributed by atoms with Gasteiger partial charge in [-0.25, -0.2) is 0 Å². The van der Waals surface area contributed by atoms with Gasteiger partial charge in [-0.1, -0.05) is 63.5 Å². The van der Waals surface area contributed by atoms with Gasteiger partial charge < -0.3 is 5.32 Å². The fraction of sp³-hybridized carbons (Fsp3) is 0.250. The van der Waals surface area contributed by atoms with Crippen molar-refractivity contribution in [2.24, 2.45) is 0 Å². The summed E-state index contributed by atoms with van der Waals surface area (Å²) in [5.74, 6) is 0. The molecule has 1 aliphatic carbocycles. The standard InChI is InChI=1S/C14H17N.C2H6/c1-3-15-13(2)9-7-8-12-14-10-5-4-6-11-14;1-2/h3,5,7-12,15H,1-2,4,6H2;1-2H3/b9-7-,12-8-;. The number of allylic oxidation sites excluding steroid dienone is 8.